The summed E-state index contributed by atoms with van der Waals surface area (Å²) in [6.07, 6.45) is 0. The average molecular weight is 271 g/mol. The first kappa shape index (κ1) is 12.2. The van der Waals surface area contributed by atoms with Crippen LogP contribution in [-0.2, 0) is 0 Å². The van der Waals surface area contributed by atoms with Gasteiger partial charge in [0.25, 0.3) is 0 Å². The van der Waals surface area contributed by atoms with Gasteiger partial charge in [0.2, 0.25) is 5.89 Å². The van der Waals surface area contributed by atoms with E-state index in [1.165, 1.54) is 12.1 Å². The van der Waals surface area contributed by atoms with E-state index in [1.807, 2.05) is 0 Å². The van der Waals surface area contributed by atoms with Gasteiger partial charge in [-0.25, -0.2) is 4.39 Å². The maximum absolute atomic E-state index is 13.5. The number of phenolic OH excluding ortho intramolecular Hbond substituents is 1. The maximum atomic E-state index is 13.5. The third-order valence-electron chi connectivity index (χ3n) is 2.63. The van der Waals surface area contributed by atoms with Gasteiger partial charge in [-0.2, -0.15) is 0 Å². The number of rotatable bonds is 3. The van der Waals surface area contributed by atoms with E-state index in [0.717, 1.165) is 0 Å². The predicted molar refractivity (Wildman–Crippen MR) is 71.1 cm³/mol. The highest BCUT2D eigenvalue weighted by Gasteiger charge is 2.10. The number of nitrogens with one attached hydrogen (secondary N) is 1. The first-order chi connectivity index (χ1) is 9.72. The van der Waals surface area contributed by atoms with Crippen LogP contribution in [0.25, 0.3) is 11.5 Å². The van der Waals surface area contributed by atoms with Gasteiger partial charge in [0.15, 0.2) is 0 Å². The highest BCUT2D eigenvalue weighted by atomic mass is 19.1. The molecule has 0 aliphatic heterocycles. The average Bonchev–Trinajstić information content (AvgIpc) is 2.90. The summed E-state index contributed by atoms with van der Waals surface area (Å²) in [5.41, 5.74) is 0.831. The topological polar surface area (TPSA) is 71.2 Å². The lowest BCUT2D eigenvalue weighted by molar-refractivity contribution is 0.475. The van der Waals surface area contributed by atoms with Gasteiger partial charge in [0.05, 0.1) is 5.69 Å². The van der Waals surface area contributed by atoms with Gasteiger partial charge in [-0.3, -0.25) is 0 Å². The van der Waals surface area contributed by atoms with Gasteiger partial charge < -0.3 is 14.8 Å². The molecule has 1 aromatic heterocycles. The highest BCUT2D eigenvalue weighted by Crippen LogP contribution is 2.25. The molecule has 1 heterocycles. The Kier molecular flexibility index (Phi) is 3.04. The minimum atomic E-state index is -0.412. The van der Waals surface area contributed by atoms with E-state index in [0.29, 0.717) is 5.56 Å². The van der Waals surface area contributed by atoms with Crippen LogP contribution in [0.1, 0.15) is 0 Å². The number of benzene rings is 2. The molecule has 3 rings (SSSR count). The molecular weight excluding hydrogens is 261 g/mol. The molecule has 0 radical (unpaired) electrons. The Morgan fingerprint density at radius 2 is 1.90 bits per heavy atom. The summed E-state index contributed by atoms with van der Waals surface area (Å²) in [5, 5.41) is 19.7. The quantitative estimate of drug-likeness (QED) is 0.764. The van der Waals surface area contributed by atoms with Gasteiger partial charge in [0.1, 0.15) is 11.6 Å². The Hall–Kier alpha value is -2.89. The first-order valence-electron chi connectivity index (χ1n) is 5.87. The molecule has 0 aliphatic rings. The summed E-state index contributed by atoms with van der Waals surface area (Å²) < 4.78 is 18.8. The van der Waals surface area contributed by atoms with Gasteiger partial charge in [-0.1, -0.05) is 23.3 Å². The van der Waals surface area contributed by atoms with E-state index in [1.54, 1.807) is 36.4 Å². The Balaban J connectivity index is 1.86. The third-order valence-corrected chi connectivity index (χ3v) is 2.63. The molecule has 0 saturated carbocycles. The second kappa shape index (κ2) is 5.00. The minimum absolute atomic E-state index is 0.0773. The van der Waals surface area contributed by atoms with E-state index in [4.69, 9.17) is 4.42 Å². The van der Waals surface area contributed by atoms with E-state index in [9.17, 15) is 9.50 Å². The lowest BCUT2D eigenvalue weighted by Crippen LogP contribution is -1.93. The summed E-state index contributed by atoms with van der Waals surface area (Å²) in [6, 6.07) is 12.7. The molecule has 0 atom stereocenters. The van der Waals surface area contributed by atoms with Crippen LogP contribution in [0.3, 0.4) is 0 Å². The van der Waals surface area contributed by atoms with Gasteiger partial charge >= 0.3 is 6.01 Å². The number of phenols is 1. The zero-order chi connectivity index (χ0) is 13.9. The SMILES string of the molecule is Oc1cccc(-c2nnc(Nc3ccccc3F)o2)c1. The van der Waals surface area contributed by atoms with Crippen molar-refractivity contribution in [1.29, 1.82) is 0 Å². The molecule has 100 valence electrons. The number of hydrogen-bond acceptors (Lipinski definition) is 5. The second-order valence-corrected chi connectivity index (χ2v) is 4.07. The molecule has 0 aliphatic carbocycles. The molecular formula is C14H10FN3O2. The van der Waals surface area contributed by atoms with Crippen molar-refractivity contribution in [3.63, 3.8) is 0 Å². The standard InChI is InChI=1S/C14H10FN3O2/c15-11-6-1-2-7-12(11)16-14-18-17-13(20-14)9-4-3-5-10(19)8-9/h1-8,19H,(H,16,18). The molecule has 2 N–H and O–H groups in total. The molecule has 5 nitrogen and oxygen atoms in total. The van der Waals surface area contributed by atoms with Crippen molar-refractivity contribution >= 4 is 11.7 Å². The smallest absolute Gasteiger partial charge is 0.320 e. The number of para-hydroxylation sites is 1. The number of aromatic hydroxyl groups is 1. The summed E-state index contributed by atoms with van der Waals surface area (Å²) in [6.45, 7) is 0. The van der Waals surface area contributed by atoms with Crippen molar-refractivity contribution < 1.29 is 13.9 Å². The molecule has 0 unspecified atom stereocenters. The zero-order valence-electron chi connectivity index (χ0n) is 10.2. The summed E-state index contributed by atoms with van der Waals surface area (Å²) in [5.74, 6) is -0.0753. The normalized spacial score (nSPS) is 10.4. The van der Waals surface area contributed by atoms with Crippen molar-refractivity contribution in [3.8, 4) is 17.2 Å². The van der Waals surface area contributed by atoms with Crippen molar-refractivity contribution in [2.24, 2.45) is 0 Å². The van der Waals surface area contributed by atoms with Crippen LogP contribution in [-0.4, -0.2) is 15.3 Å². The molecule has 3 aromatic rings. The van der Waals surface area contributed by atoms with Crippen LogP contribution in [0.5, 0.6) is 5.75 Å². The fourth-order valence-corrected chi connectivity index (χ4v) is 1.71. The Bertz CT molecular complexity index is 743. The number of anilines is 2. The Labute approximate surface area is 113 Å². The zero-order valence-corrected chi connectivity index (χ0v) is 10.2. The fourth-order valence-electron chi connectivity index (χ4n) is 1.71. The van der Waals surface area contributed by atoms with Crippen molar-refractivity contribution in [2.45, 2.75) is 0 Å². The van der Waals surface area contributed by atoms with Crippen molar-refractivity contribution in [2.75, 3.05) is 5.32 Å². The monoisotopic (exact) mass is 271 g/mol. The van der Waals surface area contributed by atoms with Crippen LogP contribution in [0.4, 0.5) is 16.1 Å². The second-order valence-electron chi connectivity index (χ2n) is 4.07. The summed E-state index contributed by atoms with van der Waals surface area (Å²) >= 11 is 0. The molecule has 20 heavy (non-hydrogen) atoms. The molecule has 0 spiro atoms. The maximum Gasteiger partial charge on any atom is 0.320 e. The Morgan fingerprint density at radius 1 is 1.05 bits per heavy atom. The fraction of sp³-hybridized carbons (Fsp3) is 0. The molecule has 0 bridgehead atoms. The van der Waals surface area contributed by atoms with E-state index in [2.05, 4.69) is 15.5 Å². The van der Waals surface area contributed by atoms with Crippen LogP contribution < -0.4 is 5.32 Å². The molecule has 2 aromatic carbocycles. The van der Waals surface area contributed by atoms with E-state index < -0.39 is 5.82 Å². The van der Waals surface area contributed by atoms with Gasteiger partial charge in [0, 0.05) is 5.56 Å². The van der Waals surface area contributed by atoms with Crippen molar-refractivity contribution in [3.05, 3.63) is 54.3 Å². The molecule has 0 amide bonds. The predicted octanol–water partition coefficient (Wildman–Crippen LogP) is 3.32. The number of halogens is 1. The van der Waals surface area contributed by atoms with Crippen LogP contribution in [0.2, 0.25) is 0 Å². The van der Waals surface area contributed by atoms with Gasteiger partial charge in [-0.15, -0.1) is 5.10 Å². The van der Waals surface area contributed by atoms with Crippen LogP contribution in [0, 0.1) is 5.82 Å². The number of hydrogen-bond donors (Lipinski definition) is 2. The van der Waals surface area contributed by atoms with Crippen LogP contribution in [0.15, 0.2) is 52.9 Å². The number of nitrogens with zero attached hydrogens (tertiary/aromatic N) is 2. The summed E-state index contributed by atoms with van der Waals surface area (Å²) in [4.78, 5) is 0. The minimum Gasteiger partial charge on any atom is -0.508 e. The van der Waals surface area contributed by atoms with Crippen LogP contribution >= 0.6 is 0 Å². The first-order valence-corrected chi connectivity index (χ1v) is 5.87. The summed E-state index contributed by atoms with van der Waals surface area (Å²) in [7, 11) is 0. The molecule has 0 fully saturated rings. The highest BCUT2D eigenvalue weighted by molar-refractivity contribution is 5.58. The van der Waals surface area contributed by atoms with E-state index in [-0.39, 0.29) is 23.3 Å². The third kappa shape index (κ3) is 2.44. The van der Waals surface area contributed by atoms with Gasteiger partial charge in [-0.05, 0) is 30.3 Å². The largest absolute Gasteiger partial charge is 0.508 e. The Morgan fingerprint density at radius 3 is 2.70 bits per heavy atom. The molecule has 6 heteroatoms. The van der Waals surface area contributed by atoms with E-state index >= 15 is 0 Å². The molecule has 0 saturated heterocycles. The lowest BCUT2D eigenvalue weighted by Gasteiger charge is -2.01. The van der Waals surface area contributed by atoms with Crippen molar-refractivity contribution in [1.82, 2.24) is 10.2 Å². The lowest BCUT2D eigenvalue weighted by atomic mass is 10.2. The number of aromatic nitrogens is 2.